The van der Waals surface area contributed by atoms with Crippen molar-refractivity contribution < 1.29 is 4.74 Å². The number of hydrogen-bond donors (Lipinski definition) is 1. The fourth-order valence-electron chi connectivity index (χ4n) is 1.36. The highest BCUT2D eigenvalue weighted by atomic mass is 32.2. The first kappa shape index (κ1) is 13.9. The molecule has 4 heteroatoms. The molecule has 0 bridgehead atoms. The summed E-state index contributed by atoms with van der Waals surface area (Å²) in [6.07, 6.45) is 1.67. The van der Waals surface area contributed by atoms with Crippen molar-refractivity contribution in [2.75, 3.05) is 12.9 Å². The molecule has 92 valence electrons. The Labute approximate surface area is 107 Å². The summed E-state index contributed by atoms with van der Waals surface area (Å²) in [7, 11) is 1.66. The van der Waals surface area contributed by atoms with E-state index in [2.05, 4.69) is 6.07 Å². The van der Waals surface area contributed by atoms with Crippen LogP contribution in [-0.4, -0.2) is 18.4 Å². The molecule has 0 fully saturated rings. The average molecular weight is 250 g/mol. The summed E-state index contributed by atoms with van der Waals surface area (Å²) in [6, 6.07) is 10.1. The molecule has 17 heavy (non-hydrogen) atoms. The molecule has 1 aromatic rings. The maximum atomic E-state index is 8.77. The van der Waals surface area contributed by atoms with Crippen LogP contribution in [0.15, 0.2) is 29.2 Å². The maximum absolute atomic E-state index is 8.77. The molecular formula is C13H18N2OS. The fraction of sp³-hybridized carbons (Fsp3) is 0.462. The van der Waals surface area contributed by atoms with Crippen LogP contribution in [0.5, 0.6) is 5.75 Å². The summed E-state index contributed by atoms with van der Waals surface area (Å²) in [5, 5.41) is 8.77. The predicted octanol–water partition coefficient (Wildman–Crippen LogP) is 2.81. The lowest BCUT2D eigenvalue weighted by Gasteiger charge is -2.14. The lowest BCUT2D eigenvalue weighted by atomic mass is 10.0. The minimum absolute atomic E-state index is 0.694. The molecule has 3 nitrogen and oxygen atoms in total. The number of ether oxygens (including phenoxy) is 1. The van der Waals surface area contributed by atoms with Gasteiger partial charge in [0, 0.05) is 4.90 Å². The van der Waals surface area contributed by atoms with E-state index in [0.717, 1.165) is 24.3 Å². The van der Waals surface area contributed by atoms with E-state index in [0.29, 0.717) is 0 Å². The number of nitrogens with zero attached hydrogens (tertiary/aromatic N) is 1. The topological polar surface area (TPSA) is 59.0 Å². The first-order valence-electron chi connectivity index (χ1n) is 5.54. The van der Waals surface area contributed by atoms with E-state index in [9.17, 15) is 0 Å². The van der Waals surface area contributed by atoms with Crippen LogP contribution in [0, 0.1) is 11.3 Å². The van der Waals surface area contributed by atoms with Gasteiger partial charge in [-0.25, -0.2) is 0 Å². The maximum Gasteiger partial charge on any atom is 0.118 e. The summed E-state index contributed by atoms with van der Waals surface area (Å²) in [5.41, 5.74) is 5.05. The van der Waals surface area contributed by atoms with Crippen molar-refractivity contribution in [3.05, 3.63) is 24.3 Å². The van der Waals surface area contributed by atoms with Gasteiger partial charge in [0.2, 0.25) is 0 Å². The molecule has 0 radical (unpaired) electrons. The van der Waals surface area contributed by atoms with Gasteiger partial charge in [-0.05, 0) is 49.8 Å². The minimum atomic E-state index is -0.694. The Bertz CT molecular complexity index is 381. The first-order chi connectivity index (χ1) is 8.07. The molecule has 0 saturated heterocycles. The number of methoxy groups -OCH3 is 1. The van der Waals surface area contributed by atoms with Gasteiger partial charge in [0.15, 0.2) is 0 Å². The third-order valence-electron chi connectivity index (χ3n) is 2.42. The second kappa shape index (κ2) is 6.53. The van der Waals surface area contributed by atoms with Crippen molar-refractivity contribution in [2.45, 2.75) is 30.2 Å². The van der Waals surface area contributed by atoms with Gasteiger partial charge >= 0.3 is 0 Å². The summed E-state index contributed by atoms with van der Waals surface area (Å²) in [5.74, 6) is 1.84. The van der Waals surface area contributed by atoms with Crippen molar-refractivity contribution in [1.82, 2.24) is 0 Å². The van der Waals surface area contributed by atoms with E-state index in [1.165, 1.54) is 4.90 Å². The van der Waals surface area contributed by atoms with Gasteiger partial charge in [0.1, 0.15) is 11.3 Å². The van der Waals surface area contributed by atoms with Crippen molar-refractivity contribution in [3.8, 4) is 11.8 Å². The Kier molecular flexibility index (Phi) is 5.33. The van der Waals surface area contributed by atoms with Crippen LogP contribution in [0.2, 0.25) is 0 Å². The zero-order valence-electron chi connectivity index (χ0n) is 10.3. The first-order valence-corrected chi connectivity index (χ1v) is 6.53. The number of rotatable bonds is 6. The van der Waals surface area contributed by atoms with Crippen LogP contribution in [0.25, 0.3) is 0 Å². The Hall–Kier alpha value is -1.18. The second-order valence-corrected chi connectivity index (χ2v) is 5.33. The molecule has 1 aromatic carbocycles. The molecule has 0 saturated carbocycles. The quantitative estimate of drug-likeness (QED) is 0.623. The molecule has 0 amide bonds. The third-order valence-corrected chi connectivity index (χ3v) is 3.52. The van der Waals surface area contributed by atoms with Gasteiger partial charge in [-0.15, -0.1) is 11.8 Å². The SMILES string of the molecule is COc1ccc(SCCCC(C)(N)C#N)cc1. The van der Waals surface area contributed by atoms with Crippen LogP contribution < -0.4 is 10.5 Å². The predicted molar refractivity (Wildman–Crippen MR) is 71.2 cm³/mol. The van der Waals surface area contributed by atoms with Gasteiger partial charge < -0.3 is 10.5 Å². The lowest BCUT2D eigenvalue weighted by Crippen LogP contribution is -2.33. The van der Waals surface area contributed by atoms with E-state index in [1.54, 1.807) is 25.8 Å². The van der Waals surface area contributed by atoms with Crippen LogP contribution in [0.3, 0.4) is 0 Å². The molecular weight excluding hydrogens is 232 g/mol. The molecule has 0 heterocycles. The van der Waals surface area contributed by atoms with Gasteiger partial charge in [0.25, 0.3) is 0 Å². The van der Waals surface area contributed by atoms with E-state index in [4.69, 9.17) is 15.7 Å². The molecule has 0 spiro atoms. The average Bonchev–Trinajstić information content (AvgIpc) is 2.35. The molecule has 0 aliphatic carbocycles. The Morgan fingerprint density at radius 2 is 2.06 bits per heavy atom. The van der Waals surface area contributed by atoms with E-state index >= 15 is 0 Å². The highest BCUT2D eigenvalue weighted by molar-refractivity contribution is 7.99. The Morgan fingerprint density at radius 3 is 2.59 bits per heavy atom. The Balaban J connectivity index is 2.29. The summed E-state index contributed by atoms with van der Waals surface area (Å²) in [6.45, 7) is 1.77. The molecule has 2 N–H and O–H groups in total. The molecule has 0 aliphatic heterocycles. The van der Waals surface area contributed by atoms with Gasteiger partial charge in [0.05, 0.1) is 13.2 Å². The van der Waals surface area contributed by atoms with Crippen molar-refractivity contribution in [3.63, 3.8) is 0 Å². The number of nitriles is 1. The highest BCUT2D eigenvalue weighted by Gasteiger charge is 2.15. The number of nitrogens with two attached hydrogens (primary N) is 1. The zero-order chi connectivity index (χ0) is 12.7. The monoisotopic (exact) mass is 250 g/mol. The van der Waals surface area contributed by atoms with Crippen LogP contribution >= 0.6 is 11.8 Å². The van der Waals surface area contributed by atoms with E-state index in [1.807, 2.05) is 24.3 Å². The van der Waals surface area contributed by atoms with Crippen LogP contribution in [-0.2, 0) is 0 Å². The summed E-state index contributed by atoms with van der Waals surface area (Å²) >= 11 is 1.77. The standard InChI is InChI=1S/C13H18N2OS/c1-13(15,10-14)8-3-9-17-12-6-4-11(16-2)5-7-12/h4-7H,3,8-9,15H2,1-2H3. The van der Waals surface area contributed by atoms with Crippen LogP contribution in [0.4, 0.5) is 0 Å². The normalized spacial score (nSPS) is 13.8. The minimum Gasteiger partial charge on any atom is -0.497 e. The summed E-state index contributed by atoms with van der Waals surface area (Å²) in [4.78, 5) is 1.21. The number of hydrogen-bond acceptors (Lipinski definition) is 4. The van der Waals surface area contributed by atoms with Crippen molar-refractivity contribution >= 4 is 11.8 Å². The highest BCUT2D eigenvalue weighted by Crippen LogP contribution is 2.23. The molecule has 0 aliphatic rings. The fourth-order valence-corrected chi connectivity index (χ4v) is 2.21. The van der Waals surface area contributed by atoms with Gasteiger partial charge in [-0.2, -0.15) is 5.26 Å². The lowest BCUT2D eigenvalue weighted by molar-refractivity contribution is 0.414. The molecule has 1 unspecified atom stereocenters. The second-order valence-electron chi connectivity index (χ2n) is 4.16. The number of benzene rings is 1. The number of thioether (sulfide) groups is 1. The third kappa shape index (κ3) is 5.12. The van der Waals surface area contributed by atoms with E-state index in [-0.39, 0.29) is 0 Å². The van der Waals surface area contributed by atoms with Gasteiger partial charge in [-0.1, -0.05) is 0 Å². The van der Waals surface area contributed by atoms with Crippen LogP contribution in [0.1, 0.15) is 19.8 Å². The molecule has 1 rings (SSSR count). The zero-order valence-corrected chi connectivity index (χ0v) is 11.1. The van der Waals surface area contributed by atoms with E-state index < -0.39 is 5.54 Å². The summed E-state index contributed by atoms with van der Waals surface area (Å²) < 4.78 is 5.09. The van der Waals surface area contributed by atoms with Crippen molar-refractivity contribution in [2.24, 2.45) is 5.73 Å². The smallest absolute Gasteiger partial charge is 0.118 e. The largest absolute Gasteiger partial charge is 0.497 e. The van der Waals surface area contributed by atoms with Gasteiger partial charge in [-0.3, -0.25) is 0 Å². The van der Waals surface area contributed by atoms with Crippen molar-refractivity contribution in [1.29, 1.82) is 5.26 Å². The molecule has 1 atom stereocenters. The molecule has 0 aromatic heterocycles. The Morgan fingerprint density at radius 1 is 1.41 bits per heavy atom.